The van der Waals surface area contributed by atoms with Crippen molar-refractivity contribution in [1.29, 1.82) is 0 Å². The molecule has 2 aromatic rings. The molecule has 2 N–H and O–H groups in total. The number of benzene rings is 1. The number of likely N-dealkylation sites (tertiary alicyclic amines) is 1. The van der Waals surface area contributed by atoms with Crippen LogP contribution in [0.15, 0.2) is 30.6 Å². The van der Waals surface area contributed by atoms with Gasteiger partial charge in [-0.25, -0.2) is 8.42 Å². The molecule has 1 spiro atoms. The van der Waals surface area contributed by atoms with E-state index in [2.05, 4.69) is 10.00 Å². The van der Waals surface area contributed by atoms with Gasteiger partial charge in [-0.05, 0) is 36.1 Å². The van der Waals surface area contributed by atoms with Gasteiger partial charge in [-0.1, -0.05) is 17.7 Å². The number of hydrogen-bond donors (Lipinski definition) is 1. The summed E-state index contributed by atoms with van der Waals surface area (Å²) < 4.78 is 30.5. The minimum Gasteiger partial charge on any atom is -0.367 e. The highest BCUT2D eigenvalue weighted by molar-refractivity contribution is 7.90. The van der Waals surface area contributed by atoms with E-state index in [0.29, 0.717) is 11.6 Å². The van der Waals surface area contributed by atoms with Crippen LogP contribution in [0.25, 0.3) is 0 Å². The molecule has 1 atom stereocenters. The van der Waals surface area contributed by atoms with Crippen molar-refractivity contribution in [3.63, 3.8) is 0 Å². The van der Waals surface area contributed by atoms with Gasteiger partial charge in [-0.2, -0.15) is 5.10 Å². The molecule has 8 nitrogen and oxygen atoms in total. The van der Waals surface area contributed by atoms with Crippen LogP contribution >= 0.6 is 11.6 Å². The average Bonchev–Trinajstić information content (AvgIpc) is 3.25. The lowest BCUT2D eigenvalue weighted by Gasteiger charge is -2.39. The van der Waals surface area contributed by atoms with E-state index in [-0.39, 0.29) is 5.75 Å². The Labute approximate surface area is 180 Å². The van der Waals surface area contributed by atoms with Crippen LogP contribution in [0.2, 0.25) is 5.02 Å². The first-order chi connectivity index (χ1) is 14.2. The van der Waals surface area contributed by atoms with Crippen molar-refractivity contribution in [1.82, 2.24) is 14.7 Å². The van der Waals surface area contributed by atoms with Gasteiger partial charge in [-0.15, -0.1) is 0 Å². The summed E-state index contributed by atoms with van der Waals surface area (Å²) in [6.45, 7) is 2.64. The van der Waals surface area contributed by atoms with Crippen LogP contribution in [0.5, 0.6) is 0 Å². The first kappa shape index (κ1) is 21.3. The molecule has 0 saturated carbocycles. The van der Waals surface area contributed by atoms with E-state index in [1.54, 1.807) is 16.9 Å². The van der Waals surface area contributed by atoms with Crippen molar-refractivity contribution in [3.05, 3.63) is 52.3 Å². The quantitative estimate of drug-likeness (QED) is 0.713. The minimum absolute atomic E-state index is 0.0701. The van der Waals surface area contributed by atoms with Crippen LogP contribution in [-0.4, -0.2) is 54.1 Å². The van der Waals surface area contributed by atoms with E-state index >= 15 is 0 Å². The lowest BCUT2D eigenvalue weighted by Crippen LogP contribution is -2.42. The first-order valence-electron chi connectivity index (χ1n) is 9.84. The molecule has 10 heteroatoms. The zero-order chi connectivity index (χ0) is 21.5. The number of rotatable bonds is 6. The molecule has 0 bridgehead atoms. The normalized spacial score (nSPS) is 21.1. The number of piperidine rings is 1. The van der Waals surface area contributed by atoms with Crippen molar-refractivity contribution >= 4 is 27.3 Å². The number of carbonyl (C=O) groups is 1. The Morgan fingerprint density at radius 2 is 2.10 bits per heavy atom. The summed E-state index contributed by atoms with van der Waals surface area (Å²) in [4.78, 5) is 14.2. The molecule has 1 aromatic carbocycles. The number of ether oxygens (including phenoxy) is 1. The summed E-state index contributed by atoms with van der Waals surface area (Å²) in [6, 6.07) is 5.48. The summed E-state index contributed by atoms with van der Waals surface area (Å²) in [5.74, 6) is -0.417. The third kappa shape index (κ3) is 4.39. The maximum atomic E-state index is 11.9. The maximum absolute atomic E-state index is 11.9. The number of aryl methyl sites for hydroxylation is 1. The number of halogens is 1. The first-order valence-corrected chi connectivity index (χ1v) is 12.3. The van der Waals surface area contributed by atoms with E-state index in [1.165, 1.54) is 6.26 Å². The summed E-state index contributed by atoms with van der Waals surface area (Å²) in [5.41, 5.74) is 7.83. The van der Waals surface area contributed by atoms with Gasteiger partial charge in [0.05, 0.1) is 24.1 Å². The van der Waals surface area contributed by atoms with Gasteiger partial charge in [0.2, 0.25) is 0 Å². The van der Waals surface area contributed by atoms with Gasteiger partial charge in [0.1, 0.15) is 9.84 Å². The fourth-order valence-electron chi connectivity index (χ4n) is 4.30. The molecule has 1 amide bonds. The predicted molar refractivity (Wildman–Crippen MR) is 113 cm³/mol. The second-order valence-corrected chi connectivity index (χ2v) is 10.8. The Hall–Kier alpha value is -1.94. The number of fused-ring (bicyclic) bond motifs is 2. The van der Waals surface area contributed by atoms with Gasteiger partial charge in [0.25, 0.3) is 5.91 Å². The van der Waals surface area contributed by atoms with Crippen molar-refractivity contribution < 1.29 is 17.9 Å². The highest BCUT2D eigenvalue weighted by Gasteiger charge is 2.48. The van der Waals surface area contributed by atoms with E-state index < -0.39 is 27.4 Å². The highest BCUT2D eigenvalue weighted by atomic mass is 35.5. The van der Waals surface area contributed by atoms with Gasteiger partial charge in [0, 0.05) is 42.7 Å². The largest absolute Gasteiger partial charge is 0.367 e. The number of aromatic nitrogens is 2. The van der Waals surface area contributed by atoms with Crippen molar-refractivity contribution in [2.24, 2.45) is 5.73 Å². The lowest BCUT2D eigenvalue weighted by atomic mass is 9.83. The number of primary amides is 1. The van der Waals surface area contributed by atoms with E-state index in [0.717, 1.165) is 49.2 Å². The summed E-state index contributed by atoms with van der Waals surface area (Å²) in [6.07, 6.45) is 5.60. The number of nitrogens with zero attached hydrogens (tertiary/aromatic N) is 3. The van der Waals surface area contributed by atoms with Gasteiger partial charge >= 0.3 is 0 Å². The maximum Gasteiger partial charge on any atom is 0.251 e. The van der Waals surface area contributed by atoms with Crippen LogP contribution in [0.4, 0.5) is 0 Å². The van der Waals surface area contributed by atoms with Crippen molar-refractivity contribution in [3.8, 4) is 0 Å². The molecule has 162 valence electrons. The zero-order valence-electron chi connectivity index (χ0n) is 16.8. The standard InChI is InChI=1S/C20H25ClN4O4S/c1-30(27,28)9-8-25-13-14(11-23-25)12-24-6-4-20(5-7-24)17-10-15(21)2-3-16(17)18(29-20)19(22)26/h2-3,10-11,13,18H,4-9,12H2,1H3,(H2,22,26). The number of amides is 1. The van der Waals surface area contributed by atoms with E-state index in [9.17, 15) is 13.2 Å². The van der Waals surface area contributed by atoms with Crippen LogP contribution in [0.3, 0.4) is 0 Å². The Bertz CT molecular complexity index is 1060. The van der Waals surface area contributed by atoms with Crippen LogP contribution in [0.1, 0.15) is 35.6 Å². The molecule has 2 aliphatic rings. The molecule has 1 fully saturated rings. The smallest absolute Gasteiger partial charge is 0.251 e. The monoisotopic (exact) mass is 452 g/mol. The van der Waals surface area contributed by atoms with Crippen molar-refractivity contribution in [2.75, 3.05) is 25.1 Å². The second kappa shape index (κ2) is 7.96. The SMILES string of the molecule is CS(=O)(=O)CCn1cc(CN2CCC3(CC2)OC(C(N)=O)c2ccc(Cl)cc23)cn1. The molecule has 3 heterocycles. The van der Waals surface area contributed by atoms with Crippen molar-refractivity contribution in [2.45, 2.75) is 37.6 Å². The van der Waals surface area contributed by atoms with E-state index in [4.69, 9.17) is 22.1 Å². The number of nitrogens with two attached hydrogens (primary N) is 1. The second-order valence-electron chi connectivity index (χ2n) is 8.14. The highest BCUT2D eigenvalue weighted by Crippen LogP contribution is 2.50. The number of sulfone groups is 1. The Morgan fingerprint density at radius 1 is 1.37 bits per heavy atom. The third-order valence-corrected chi connectivity index (χ3v) is 7.00. The topological polar surface area (TPSA) is 108 Å². The predicted octanol–water partition coefficient (Wildman–Crippen LogP) is 1.63. The molecule has 4 rings (SSSR count). The molecule has 0 aliphatic carbocycles. The van der Waals surface area contributed by atoms with Gasteiger partial charge < -0.3 is 10.5 Å². The molecular weight excluding hydrogens is 428 g/mol. The molecule has 1 unspecified atom stereocenters. The minimum atomic E-state index is -3.02. The van der Waals surface area contributed by atoms with Crippen LogP contribution < -0.4 is 5.73 Å². The molecule has 0 radical (unpaired) electrons. The fourth-order valence-corrected chi connectivity index (χ4v) is 4.99. The third-order valence-electron chi connectivity index (χ3n) is 5.84. The Morgan fingerprint density at radius 3 is 2.77 bits per heavy atom. The summed E-state index contributed by atoms with van der Waals surface area (Å²) >= 11 is 6.22. The number of carbonyl (C=O) groups excluding carboxylic acids is 1. The molecule has 1 saturated heterocycles. The van der Waals surface area contributed by atoms with Gasteiger partial charge in [0.15, 0.2) is 6.10 Å². The lowest BCUT2D eigenvalue weighted by molar-refractivity contribution is -0.148. The Kier molecular flexibility index (Phi) is 5.65. The molecular formula is C20H25ClN4O4S. The number of hydrogen-bond acceptors (Lipinski definition) is 6. The average molecular weight is 453 g/mol. The van der Waals surface area contributed by atoms with Gasteiger partial charge in [-0.3, -0.25) is 14.4 Å². The molecule has 1 aromatic heterocycles. The zero-order valence-corrected chi connectivity index (χ0v) is 18.3. The van der Waals surface area contributed by atoms with Crippen LogP contribution in [0, 0.1) is 0 Å². The fraction of sp³-hybridized carbons (Fsp3) is 0.500. The molecule has 2 aliphatic heterocycles. The Balaban J connectivity index is 1.42. The summed E-state index contributed by atoms with van der Waals surface area (Å²) in [7, 11) is -3.02. The summed E-state index contributed by atoms with van der Waals surface area (Å²) in [5, 5.41) is 4.88. The molecule has 30 heavy (non-hydrogen) atoms. The van der Waals surface area contributed by atoms with Crippen LogP contribution in [-0.2, 0) is 38.1 Å². The van der Waals surface area contributed by atoms with E-state index in [1.807, 2.05) is 18.3 Å².